The lowest BCUT2D eigenvalue weighted by atomic mass is 10.1. The summed E-state index contributed by atoms with van der Waals surface area (Å²) in [5.74, 6) is -0.0186. The van der Waals surface area contributed by atoms with Crippen molar-refractivity contribution < 1.29 is 32.5 Å². The molecule has 0 bridgehead atoms. The highest BCUT2D eigenvalue weighted by atomic mass is 28.4. The lowest BCUT2D eigenvalue weighted by Crippen LogP contribution is -2.42. The average molecular weight is 417 g/mol. The van der Waals surface area contributed by atoms with Gasteiger partial charge in [0.1, 0.15) is 5.75 Å². The molecular formula is C17H28N2O8Si. The Bertz CT molecular complexity index is 659. The zero-order valence-electron chi connectivity index (χ0n) is 16.9. The number of nitrogens with zero attached hydrogens (tertiary/aromatic N) is 1. The number of nitro groups is 1. The van der Waals surface area contributed by atoms with Crippen LogP contribution in [-0.2, 0) is 29.4 Å². The second kappa shape index (κ2) is 11.7. The first kappa shape index (κ1) is 24.0. The molecule has 11 heteroatoms. The molecule has 0 radical (unpaired) electrons. The molecule has 0 aromatic heterocycles. The minimum atomic E-state index is -2.59. The molecule has 1 rings (SSSR count). The van der Waals surface area contributed by atoms with Gasteiger partial charge in [-0.25, -0.2) is 0 Å². The summed E-state index contributed by atoms with van der Waals surface area (Å²) in [6.07, 6.45) is 1.49. The standard InChI is InChI=1S/C17H28N2O8Si/c1-13(20)18-15-11-16(19(21)22)14(10-17(15)23-2)12-27-8-6-7-9-28(24-3,25-4)26-5/h10-11H,6-9,12H2,1-5H3,(H,18,20). The number of rotatable bonds is 13. The van der Waals surface area contributed by atoms with E-state index in [0.717, 1.165) is 12.8 Å². The van der Waals surface area contributed by atoms with Crippen LogP contribution in [0.1, 0.15) is 25.3 Å². The molecule has 0 aliphatic heterocycles. The van der Waals surface area contributed by atoms with Crippen molar-refractivity contribution in [2.75, 3.05) is 40.4 Å². The molecular weight excluding hydrogens is 388 g/mol. The van der Waals surface area contributed by atoms with Gasteiger partial charge in [-0.3, -0.25) is 14.9 Å². The quantitative estimate of drug-likeness (QED) is 0.226. The fraction of sp³-hybridized carbons (Fsp3) is 0.588. The minimum Gasteiger partial charge on any atom is -0.495 e. The molecule has 10 nitrogen and oxygen atoms in total. The second-order valence-corrected chi connectivity index (χ2v) is 9.02. The Balaban J connectivity index is 2.68. The molecule has 0 aliphatic carbocycles. The monoisotopic (exact) mass is 416 g/mol. The van der Waals surface area contributed by atoms with Gasteiger partial charge in [-0.1, -0.05) is 0 Å². The third kappa shape index (κ3) is 6.84. The number of carbonyl (C=O) groups is 1. The van der Waals surface area contributed by atoms with Crippen molar-refractivity contribution in [3.05, 3.63) is 27.8 Å². The molecule has 0 aliphatic rings. The van der Waals surface area contributed by atoms with Crippen LogP contribution in [-0.4, -0.2) is 54.7 Å². The van der Waals surface area contributed by atoms with Crippen LogP contribution >= 0.6 is 0 Å². The number of benzene rings is 1. The second-order valence-electron chi connectivity index (χ2n) is 5.92. The predicted molar refractivity (Wildman–Crippen MR) is 104 cm³/mol. The normalized spacial score (nSPS) is 11.3. The van der Waals surface area contributed by atoms with E-state index in [1.165, 1.54) is 26.2 Å². The van der Waals surface area contributed by atoms with E-state index in [0.29, 0.717) is 24.0 Å². The van der Waals surface area contributed by atoms with Crippen LogP contribution in [0, 0.1) is 10.1 Å². The Morgan fingerprint density at radius 3 is 2.29 bits per heavy atom. The van der Waals surface area contributed by atoms with Gasteiger partial charge in [-0.2, -0.15) is 0 Å². The highest BCUT2D eigenvalue weighted by Crippen LogP contribution is 2.33. The average Bonchev–Trinajstić information content (AvgIpc) is 2.68. The Morgan fingerprint density at radius 2 is 1.79 bits per heavy atom. The Kier molecular flexibility index (Phi) is 10.0. The van der Waals surface area contributed by atoms with Gasteiger partial charge in [0.15, 0.2) is 0 Å². The van der Waals surface area contributed by atoms with Crippen molar-refractivity contribution in [3.8, 4) is 5.75 Å². The van der Waals surface area contributed by atoms with E-state index in [1.807, 2.05) is 0 Å². The van der Waals surface area contributed by atoms with Crippen molar-refractivity contribution in [2.24, 2.45) is 0 Å². The highest BCUT2D eigenvalue weighted by molar-refractivity contribution is 6.60. The number of methoxy groups -OCH3 is 1. The summed E-state index contributed by atoms with van der Waals surface area (Å²) >= 11 is 0. The number of hydrogen-bond donors (Lipinski definition) is 1. The van der Waals surface area contributed by atoms with Gasteiger partial charge in [0.25, 0.3) is 5.69 Å². The van der Waals surface area contributed by atoms with E-state index in [4.69, 9.17) is 22.8 Å². The molecule has 0 saturated carbocycles. The van der Waals surface area contributed by atoms with Gasteiger partial charge >= 0.3 is 8.80 Å². The van der Waals surface area contributed by atoms with Crippen molar-refractivity contribution in [1.29, 1.82) is 0 Å². The number of ether oxygens (including phenoxy) is 2. The Hall–Kier alpha value is -2.05. The number of hydrogen-bond acceptors (Lipinski definition) is 8. The number of nitro benzene ring substituents is 1. The number of anilines is 1. The first-order valence-corrected chi connectivity index (χ1v) is 10.6. The SMILES string of the molecule is COc1cc(COCCCC[Si](OC)(OC)OC)c([N+](=O)[O-])cc1NC(C)=O. The smallest absolute Gasteiger partial charge is 0.495 e. The van der Waals surface area contributed by atoms with Crippen molar-refractivity contribution in [3.63, 3.8) is 0 Å². The molecule has 158 valence electrons. The van der Waals surface area contributed by atoms with Crippen LogP contribution in [0.5, 0.6) is 5.75 Å². The largest absolute Gasteiger partial charge is 0.500 e. The Morgan fingerprint density at radius 1 is 1.14 bits per heavy atom. The molecule has 0 spiro atoms. The molecule has 0 atom stereocenters. The first-order chi connectivity index (χ1) is 13.3. The van der Waals surface area contributed by atoms with Gasteiger partial charge in [0.2, 0.25) is 5.91 Å². The summed E-state index contributed by atoms with van der Waals surface area (Å²) in [4.78, 5) is 22.1. The van der Waals surface area contributed by atoms with E-state index in [9.17, 15) is 14.9 Å². The van der Waals surface area contributed by atoms with Crippen molar-refractivity contribution in [2.45, 2.75) is 32.4 Å². The topological polar surface area (TPSA) is 118 Å². The van der Waals surface area contributed by atoms with Crippen LogP contribution in [0.2, 0.25) is 6.04 Å². The highest BCUT2D eigenvalue weighted by Gasteiger charge is 2.36. The molecule has 0 saturated heterocycles. The maximum Gasteiger partial charge on any atom is 0.500 e. The number of unbranched alkanes of at least 4 members (excludes halogenated alkanes) is 1. The van der Waals surface area contributed by atoms with Crippen molar-refractivity contribution >= 4 is 26.1 Å². The van der Waals surface area contributed by atoms with E-state index in [1.54, 1.807) is 21.3 Å². The van der Waals surface area contributed by atoms with E-state index < -0.39 is 13.7 Å². The van der Waals surface area contributed by atoms with Gasteiger partial charge in [0, 0.05) is 47.0 Å². The van der Waals surface area contributed by atoms with Gasteiger partial charge in [0.05, 0.1) is 29.9 Å². The summed E-state index contributed by atoms with van der Waals surface area (Å²) < 4.78 is 26.9. The van der Waals surface area contributed by atoms with Crippen molar-refractivity contribution in [1.82, 2.24) is 0 Å². The fourth-order valence-electron chi connectivity index (χ4n) is 2.64. The maximum absolute atomic E-state index is 11.4. The molecule has 1 aromatic carbocycles. The molecule has 1 N–H and O–H groups in total. The summed E-state index contributed by atoms with van der Waals surface area (Å²) in [7, 11) is 3.52. The number of nitrogens with one attached hydrogen (secondary N) is 1. The molecule has 28 heavy (non-hydrogen) atoms. The zero-order valence-corrected chi connectivity index (χ0v) is 17.9. The summed E-state index contributed by atoms with van der Waals surface area (Å²) in [5, 5.41) is 13.9. The summed E-state index contributed by atoms with van der Waals surface area (Å²) in [5.41, 5.74) is 0.463. The van der Waals surface area contributed by atoms with Crippen LogP contribution in [0.3, 0.4) is 0 Å². The van der Waals surface area contributed by atoms with Gasteiger partial charge in [-0.15, -0.1) is 0 Å². The first-order valence-electron chi connectivity index (χ1n) is 8.68. The lowest BCUT2D eigenvalue weighted by Gasteiger charge is -2.24. The maximum atomic E-state index is 11.4. The van der Waals surface area contributed by atoms with Crippen LogP contribution in [0.4, 0.5) is 11.4 Å². The van der Waals surface area contributed by atoms with Crippen LogP contribution < -0.4 is 10.1 Å². The summed E-state index contributed by atoms with van der Waals surface area (Å²) in [6, 6.07) is 3.43. The zero-order chi connectivity index (χ0) is 21.2. The predicted octanol–water partition coefficient (Wildman–Crippen LogP) is 2.74. The van der Waals surface area contributed by atoms with E-state index >= 15 is 0 Å². The molecule has 0 unspecified atom stereocenters. The van der Waals surface area contributed by atoms with Gasteiger partial charge < -0.3 is 28.1 Å². The third-order valence-corrected chi connectivity index (χ3v) is 6.95. The number of amides is 1. The van der Waals surface area contributed by atoms with E-state index in [-0.39, 0.29) is 23.9 Å². The lowest BCUT2D eigenvalue weighted by molar-refractivity contribution is -0.385. The summed E-state index contributed by atoms with van der Waals surface area (Å²) in [6.45, 7) is 1.78. The van der Waals surface area contributed by atoms with Crippen LogP contribution in [0.15, 0.2) is 12.1 Å². The number of carbonyl (C=O) groups excluding carboxylic acids is 1. The molecule has 1 aromatic rings. The molecule has 1 amide bonds. The minimum absolute atomic E-state index is 0.0500. The van der Waals surface area contributed by atoms with E-state index in [2.05, 4.69) is 5.32 Å². The van der Waals surface area contributed by atoms with Gasteiger partial charge in [-0.05, 0) is 18.9 Å². The fourth-order valence-corrected chi connectivity index (χ4v) is 4.43. The molecule has 0 fully saturated rings. The van der Waals surface area contributed by atoms with Crippen LogP contribution in [0.25, 0.3) is 0 Å². The Labute approximate surface area is 165 Å². The third-order valence-electron chi connectivity index (χ3n) is 4.12. The molecule has 0 heterocycles.